The van der Waals surface area contributed by atoms with Crippen molar-refractivity contribution >= 4 is 11.3 Å². The molecule has 1 heterocycles. The highest BCUT2D eigenvalue weighted by Gasteiger charge is 2.17. The van der Waals surface area contributed by atoms with Crippen LogP contribution in [0.25, 0.3) is 0 Å². The van der Waals surface area contributed by atoms with Crippen LogP contribution < -0.4 is 5.32 Å². The van der Waals surface area contributed by atoms with E-state index in [4.69, 9.17) is 0 Å². The van der Waals surface area contributed by atoms with Crippen LogP contribution in [0.5, 0.6) is 0 Å². The summed E-state index contributed by atoms with van der Waals surface area (Å²) >= 11 is 1.64. The van der Waals surface area contributed by atoms with Crippen LogP contribution in [-0.4, -0.2) is 11.5 Å². The van der Waals surface area contributed by atoms with E-state index in [-0.39, 0.29) is 11.9 Å². The van der Waals surface area contributed by atoms with Crippen LogP contribution in [0.2, 0.25) is 0 Å². The summed E-state index contributed by atoms with van der Waals surface area (Å²) in [5, 5.41) is 6.52. The summed E-state index contributed by atoms with van der Waals surface area (Å²) in [6.45, 7) is 6.83. The van der Waals surface area contributed by atoms with Gasteiger partial charge < -0.3 is 5.32 Å². The molecule has 0 aliphatic carbocycles. The van der Waals surface area contributed by atoms with Gasteiger partial charge in [0.1, 0.15) is 5.82 Å². The van der Waals surface area contributed by atoms with E-state index in [1.807, 2.05) is 19.9 Å². The monoisotopic (exact) mass is 264 g/mol. The second-order valence-corrected chi connectivity index (χ2v) is 5.35. The fourth-order valence-corrected chi connectivity index (χ4v) is 2.69. The van der Waals surface area contributed by atoms with E-state index >= 15 is 0 Å². The predicted molar refractivity (Wildman–Crippen MR) is 73.5 cm³/mol. The fraction of sp³-hybridized carbons (Fsp3) is 0.357. The van der Waals surface area contributed by atoms with Gasteiger partial charge in [-0.15, -0.1) is 11.3 Å². The molecule has 0 saturated carbocycles. The molecule has 1 aromatic heterocycles. The van der Waals surface area contributed by atoms with Crippen molar-refractivity contribution in [3.05, 3.63) is 51.2 Å². The predicted octanol–water partition coefficient (Wildman–Crippen LogP) is 3.60. The van der Waals surface area contributed by atoms with E-state index in [9.17, 15) is 4.39 Å². The Kier molecular flexibility index (Phi) is 4.09. The van der Waals surface area contributed by atoms with Crippen LogP contribution in [-0.2, 0) is 0 Å². The summed E-state index contributed by atoms with van der Waals surface area (Å²) in [7, 11) is 0. The number of aromatic nitrogens is 1. The summed E-state index contributed by atoms with van der Waals surface area (Å²) < 4.78 is 13.2. The molecule has 2 aromatic rings. The number of halogens is 1. The zero-order valence-corrected chi connectivity index (χ0v) is 11.6. The average molecular weight is 264 g/mol. The van der Waals surface area contributed by atoms with Gasteiger partial charge in [-0.3, -0.25) is 0 Å². The molecule has 0 amide bonds. The Balaban J connectivity index is 2.41. The van der Waals surface area contributed by atoms with Crippen molar-refractivity contribution in [2.75, 3.05) is 6.54 Å². The van der Waals surface area contributed by atoms with Crippen LogP contribution in [0.15, 0.2) is 23.6 Å². The van der Waals surface area contributed by atoms with Gasteiger partial charge in [-0.1, -0.05) is 13.0 Å². The third kappa shape index (κ3) is 2.76. The first kappa shape index (κ1) is 13.2. The summed E-state index contributed by atoms with van der Waals surface area (Å²) in [5.74, 6) is -0.194. The molecule has 0 bridgehead atoms. The van der Waals surface area contributed by atoms with E-state index in [1.54, 1.807) is 17.4 Å². The molecule has 0 saturated heterocycles. The molecular formula is C14H17FN2S. The van der Waals surface area contributed by atoms with Crippen LogP contribution in [0.4, 0.5) is 4.39 Å². The molecule has 0 aliphatic rings. The number of hydrogen-bond donors (Lipinski definition) is 1. The molecule has 2 nitrogen and oxygen atoms in total. The molecule has 0 fully saturated rings. The SMILES string of the molecule is CCNC(c1csc(C)n1)c1ccc(F)cc1C. The highest BCUT2D eigenvalue weighted by atomic mass is 32.1. The lowest BCUT2D eigenvalue weighted by Crippen LogP contribution is -2.23. The quantitative estimate of drug-likeness (QED) is 0.912. The number of thiazole rings is 1. The van der Waals surface area contributed by atoms with E-state index < -0.39 is 0 Å². The topological polar surface area (TPSA) is 24.9 Å². The molecule has 0 radical (unpaired) electrons. The number of aryl methyl sites for hydroxylation is 2. The Morgan fingerprint density at radius 2 is 2.17 bits per heavy atom. The lowest BCUT2D eigenvalue weighted by molar-refractivity contribution is 0.603. The van der Waals surface area contributed by atoms with Crippen molar-refractivity contribution in [2.24, 2.45) is 0 Å². The summed E-state index contributed by atoms with van der Waals surface area (Å²) in [5.41, 5.74) is 3.05. The smallest absolute Gasteiger partial charge is 0.123 e. The lowest BCUT2D eigenvalue weighted by Gasteiger charge is -2.18. The van der Waals surface area contributed by atoms with Gasteiger partial charge in [0.15, 0.2) is 0 Å². The molecule has 0 aliphatic heterocycles. The van der Waals surface area contributed by atoms with E-state index in [0.717, 1.165) is 28.4 Å². The molecule has 18 heavy (non-hydrogen) atoms. The minimum absolute atomic E-state index is 0.0422. The van der Waals surface area contributed by atoms with Crippen LogP contribution in [0.1, 0.15) is 34.8 Å². The number of nitrogens with zero attached hydrogens (tertiary/aromatic N) is 1. The first-order valence-corrected chi connectivity index (χ1v) is 6.91. The van der Waals surface area contributed by atoms with Gasteiger partial charge in [-0.05, 0) is 43.7 Å². The van der Waals surface area contributed by atoms with Gasteiger partial charge in [0, 0.05) is 5.38 Å². The van der Waals surface area contributed by atoms with Gasteiger partial charge in [0.25, 0.3) is 0 Å². The Hall–Kier alpha value is -1.26. The van der Waals surface area contributed by atoms with E-state index in [2.05, 4.69) is 22.6 Å². The van der Waals surface area contributed by atoms with Crippen LogP contribution >= 0.6 is 11.3 Å². The summed E-state index contributed by atoms with van der Waals surface area (Å²) in [6.07, 6.45) is 0. The minimum atomic E-state index is -0.194. The standard InChI is InChI=1S/C14H17FN2S/c1-4-16-14(13-8-18-10(3)17-13)12-6-5-11(15)7-9(12)2/h5-8,14,16H,4H2,1-3H3. The van der Waals surface area contributed by atoms with Crippen molar-refractivity contribution in [1.82, 2.24) is 10.3 Å². The maximum Gasteiger partial charge on any atom is 0.123 e. The number of rotatable bonds is 4. The molecule has 96 valence electrons. The third-order valence-corrected chi connectivity index (χ3v) is 3.68. The highest BCUT2D eigenvalue weighted by molar-refractivity contribution is 7.09. The van der Waals surface area contributed by atoms with Crippen LogP contribution in [0.3, 0.4) is 0 Å². The second kappa shape index (κ2) is 5.59. The molecular weight excluding hydrogens is 247 g/mol. The first-order valence-electron chi connectivity index (χ1n) is 6.03. The molecule has 0 spiro atoms. The summed E-state index contributed by atoms with van der Waals surface area (Å²) in [4.78, 5) is 4.53. The third-order valence-electron chi connectivity index (χ3n) is 2.88. The first-order chi connectivity index (χ1) is 8.61. The number of benzene rings is 1. The maximum atomic E-state index is 13.2. The molecule has 1 N–H and O–H groups in total. The van der Waals surface area contributed by atoms with Gasteiger partial charge in [0.2, 0.25) is 0 Å². The van der Waals surface area contributed by atoms with E-state index in [0.29, 0.717) is 0 Å². The summed E-state index contributed by atoms with van der Waals surface area (Å²) in [6, 6.07) is 4.96. The van der Waals surface area contributed by atoms with Crippen molar-refractivity contribution in [3.63, 3.8) is 0 Å². The molecule has 1 atom stereocenters. The maximum absolute atomic E-state index is 13.2. The molecule has 2 rings (SSSR count). The largest absolute Gasteiger partial charge is 0.305 e. The lowest BCUT2D eigenvalue weighted by atomic mass is 9.99. The minimum Gasteiger partial charge on any atom is -0.305 e. The van der Waals surface area contributed by atoms with Gasteiger partial charge in [-0.25, -0.2) is 9.37 Å². The second-order valence-electron chi connectivity index (χ2n) is 4.28. The zero-order valence-electron chi connectivity index (χ0n) is 10.8. The fourth-order valence-electron chi connectivity index (χ4n) is 2.05. The zero-order chi connectivity index (χ0) is 13.1. The van der Waals surface area contributed by atoms with Crippen molar-refractivity contribution in [1.29, 1.82) is 0 Å². The number of hydrogen-bond acceptors (Lipinski definition) is 3. The molecule has 1 aromatic carbocycles. The van der Waals surface area contributed by atoms with E-state index in [1.165, 1.54) is 6.07 Å². The Morgan fingerprint density at radius 1 is 1.39 bits per heavy atom. The average Bonchev–Trinajstić information content (AvgIpc) is 2.73. The number of nitrogens with one attached hydrogen (secondary N) is 1. The van der Waals surface area contributed by atoms with Gasteiger partial charge >= 0.3 is 0 Å². The molecule has 4 heteroatoms. The van der Waals surface area contributed by atoms with Crippen molar-refractivity contribution < 1.29 is 4.39 Å². The van der Waals surface area contributed by atoms with Crippen LogP contribution in [0, 0.1) is 19.7 Å². The van der Waals surface area contributed by atoms with Gasteiger partial charge in [-0.2, -0.15) is 0 Å². The Morgan fingerprint density at radius 3 is 2.72 bits per heavy atom. The normalized spacial score (nSPS) is 12.7. The molecule has 1 unspecified atom stereocenters. The highest BCUT2D eigenvalue weighted by Crippen LogP contribution is 2.26. The van der Waals surface area contributed by atoms with Crippen molar-refractivity contribution in [2.45, 2.75) is 26.8 Å². The van der Waals surface area contributed by atoms with Crippen molar-refractivity contribution in [3.8, 4) is 0 Å². The Labute approximate surface area is 111 Å². The Bertz CT molecular complexity index is 536. The van der Waals surface area contributed by atoms with Gasteiger partial charge in [0.05, 0.1) is 16.7 Å².